The van der Waals surface area contributed by atoms with Gasteiger partial charge in [0.15, 0.2) is 5.17 Å². The highest BCUT2D eigenvalue weighted by Crippen LogP contribution is 2.32. The van der Waals surface area contributed by atoms with Crippen LogP contribution in [-0.4, -0.2) is 52.4 Å². The van der Waals surface area contributed by atoms with Gasteiger partial charge < -0.3 is 19.3 Å². The lowest BCUT2D eigenvalue weighted by Gasteiger charge is -2.20. The molecule has 17 heteroatoms. The number of nitrogens with zero attached hydrogens (tertiary/aromatic N) is 4. The van der Waals surface area contributed by atoms with Crippen LogP contribution in [0, 0.1) is 12.7 Å². The number of urea groups is 1. The maximum atomic E-state index is 15.0. The standard InChI is InChI=1S/C29H21F6N5O5S/c1-15-2-3-18(12-43-13-23(31)32)22(10-15)40-24(41)14-46-28(40)38-27(42)36-21-9-6-17(11-20(21)30)25-37-26(45-39-25)16-4-7-19(8-5-16)44-29(33,34)35/h2-11,23H,12-14H2,1H3,(H,36,42)/b38-28-. The number of amides is 3. The summed E-state index contributed by atoms with van der Waals surface area (Å²) in [5.41, 5.74) is 1.70. The molecule has 3 amide bonds. The molecule has 1 N–H and O–H groups in total. The second kappa shape index (κ2) is 13.6. The molecule has 1 aromatic heterocycles. The Morgan fingerprint density at radius 2 is 1.85 bits per heavy atom. The molecule has 0 bridgehead atoms. The molecule has 3 aromatic carbocycles. The minimum Gasteiger partial charge on any atom is -0.406 e. The molecular weight excluding hydrogens is 644 g/mol. The third kappa shape index (κ3) is 8.02. The minimum absolute atomic E-state index is 0.00225. The van der Waals surface area contributed by atoms with Gasteiger partial charge in [-0.15, -0.1) is 13.2 Å². The van der Waals surface area contributed by atoms with E-state index >= 15 is 4.39 Å². The number of halogens is 6. The number of aliphatic imine (C=N–C) groups is 1. The van der Waals surface area contributed by atoms with E-state index in [-0.39, 0.29) is 46.1 Å². The molecule has 240 valence electrons. The van der Waals surface area contributed by atoms with Gasteiger partial charge in [-0.2, -0.15) is 9.98 Å². The maximum Gasteiger partial charge on any atom is 0.573 e. The smallest absolute Gasteiger partial charge is 0.406 e. The Balaban J connectivity index is 1.29. The lowest BCUT2D eigenvalue weighted by Crippen LogP contribution is -2.31. The number of aryl methyl sites for hydroxylation is 1. The summed E-state index contributed by atoms with van der Waals surface area (Å²) in [6.45, 7) is 0.757. The highest BCUT2D eigenvalue weighted by molar-refractivity contribution is 8.15. The first-order chi connectivity index (χ1) is 21.9. The van der Waals surface area contributed by atoms with Gasteiger partial charge in [-0.05, 0) is 61.0 Å². The van der Waals surface area contributed by atoms with Crippen molar-refractivity contribution in [1.82, 2.24) is 10.1 Å². The summed E-state index contributed by atoms with van der Waals surface area (Å²) >= 11 is 0.970. The molecule has 10 nitrogen and oxygen atoms in total. The van der Waals surface area contributed by atoms with Crippen molar-refractivity contribution in [3.05, 3.63) is 77.6 Å². The van der Waals surface area contributed by atoms with E-state index < -0.39 is 42.9 Å². The Morgan fingerprint density at radius 3 is 2.54 bits per heavy atom. The van der Waals surface area contributed by atoms with Crippen LogP contribution in [0.5, 0.6) is 5.75 Å². The lowest BCUT2D eigenvalue weighted by atomic mass is 10.1. The fourth-order valence-corrected chi connectivity index (χ4v) is 5.04. The fourth-order valence-electron chi connectivity index (χ4n) is 4.19. The number of aromatic nitrogens is 2. The van der Waals surface area contributed by atoms with E-state index in [1.165, 1.54) is 29.2 Å². The molecule has 1 aliphatic heterocycles. The maximum absolute atomic E-state index is 15.0. The van der Waals surface area contributed by atoms with Crippen molar-refractivity contribution in [3.8, 4) is 28.6 Å². The molecule has 2 heterocycles. The minimum atomic E-state index is -4.85. The van der Waals surface area contributed by atoms with Gasteiger partial charge in [0.05, 0.1) is 23.7 Å². The number of thioether (sulfide) groups is 1. The average molecular weight is 666 g/mol. The number of alkyl halides is 5. The van der Waals surface area contributed by atoms with Crippen LogP contribution in [0.2, 0.25) is 0 Å². The Kier molecular flexibility index (Phi) is 9.62. The van der Waals surface area contributed by atoms with Gasteiger partial charge in [-0.1, -0.05) is 29.1 Å². The topological polar surface area (TPSA) is 119 Å². The zero-order valence-electron chi connectivity index (χ0n) is 23.5. The SMILES string of the molecule is Cc1ccc(COCC(F)F)c(N2C(=O)CS/C2=N\C(=O)Nc2ccc(-c3noc(-c4ccc(OC(F)(F)F)cc4)n3)cc2F)c1. The number of ether oxygens (including phenoxy) is 2. The van der Waals surface area contributed by atoms with Gasteiger partial charge in [0.25, 0.3) is 12.3 Å². The Bertz CT molecular complexity index is 1780. The number of carbonyl (C=O) groups excluding carboxylic acids is 2. The second-order valence-corrected chi connectivity index (χ2v) is 10.5. The highest BCUT2D eigenvalue weighted by Gasteiger charge is 2.33. The van der Waals surface area contributed by atoms with Gasteiger partial charge in [0, 0.05) is 16.7 Å². The third-order valence-electron chi connectivity index (χ3n) is 6.18. The van der Waals surface area contributed by atoms with Crippen LogP contribution in [0.3, 0.4) is 0 Å². The van der Waals surface area contributed by atoms with Crippen molar-refractivity contribution in [2.75, 3.05) is 22.6 Å². The van der Waals surface area contributed by atoms with Crippen LogP contribution < -0.4 is 15.0 Å². The zero-order valence-corrected chi connectivity index (χ0v) is 24.3. The summed E-state index contributed by atoms with van der Waals surface area (Å²) in [5, 5.41) is 6.08. The summed E-state index contributed by atoms with van der Waals surface area (Å²) in [6.07, 6.45) is -7.52. The number of amidine groups is 1. The van der Waals surface area contributed by atoms with Crippen LogP contribution in [-0.2, 0) is 16.1 Å². The van der Waals surface area contributed by atoms with Crippen LogP contribution in [0.1, 0.15) is 11.1 Å². The molecular formula is C29H21F6N5O5S. The van der Waals surface area contributed by atoms with E-state index in [2.05, 4.69) is 25.2 Å². The first-order valence-corrected chi connectivity index (χ1v) is 14.2. The van der Waals surface area contributed by atoms with Crippen molar-refractivity contribution in [2.45, 2.75) is 26.3 Å². The fraction of sp³-hybridized carbons (Fsp3) is 0.207. The highest BCUT2D eigenvalue weighted by atomic mass is 32.2. The van der Waals surface area contributed by atoms with Crippen LogP contribution in [0.25, 0.3) is 22.8 Å². The van der Waals surface area contributed by atoms with E-state index in [0.717, 1.165) is 35.5 Å². The number of carbonyl (C=O) groups is 2. The Hall–Kier alpha value is -4.90. The van der Waals surface area contributed by atoms with Gasteiger partial charge in [0.2, 0.25) is 11.7 Å². The molecule has 5 rings (SSSR count). The van der Waals surface area contributed by atoms with Crippen LogP contribution >= 0.6 is 11.8 Å². The lowest BCUT2D eigenvalue weighted by molar-refractivity contribution is -0.274. The largest absolute Gasteiger partial charge is 0.573 e. The molecule has 4 aromatic rings. The molecule has 0 saturated carbocycles. The molecule has 0 spiro atoms. The molecule has 1 saturated heterocycles. The second-order valence-electron chi connectivity index (χ2n) is 9.57. The number of hydrogen-bond acceptors (Lipinski definition) is 8. The average Bonchev–Trinajstić information content (AvgIpc) is 3.61. The number of nitrogens with one attached hydrogen (secondary N) is 1. The van der Waals surface area contributed by atoms with E-state index in [1.54, 1.807) is 25.1 Å². The molecule has 0 radical (unpaired) electrons. The zero-order chi connectivity index (χ0) is 33.0. The number of rotatable bonds is 9. The van der Waals surface area contributed by atoms with E-state index in [1.807, 2.05) is 0 Å². The number of anilines is 2. The molecule has 1 fully saturated rings. The summed E-state index contributed by atoms with van der Waals surface area (Å²) in [4.78, 5) is 34.8. The predicted molar refractivity (Wildman–Crippen MR) is 155 cm³/mol. The Morgan fingerprint density at radius 1 is 1.11 bits per heavy atom. The summed E-state index contributed by atoms with van der Waals surface area (Å²) in [5.74, 6) is -1.85. The van der Waals surface area contributed by atoms with Gasteiger partial charge in [-0.25, -0.2) is 18.0 Å². The van der Waals surface area contributed by atoms with Crippen molar-refractivity contribution in [2.24, 2.45) is 4.99 Å². The van der Waals surface area contributed by atoms with Crippen molar-refractivity contribution in [3.63, 3.8) is 0 Å². The van der Waals surface area contributed by atoms with E-state index in [0.29, 0.717) is 11.3 Å². The van der Waals surface area contributed by atoms with Gasteiger partial charge in [0.1, 0.15) is 18.2 Å². The van der Waals surface area contributed by atoms with Crippen LogP contribution in [0.4, 0.5) is 42.5 Å². The molecule has 0 unspecified atom stereocenters. The van der Waals surface area contributed by atoms with Crippen LogP contribution in [0.15, 0.2) is 70.2 Å². The van der Waals surface area contributed by atoms with Gasteiger partial charge >= 0.3 is 12.4 Å². The predicted octanol–water partition coefficient (Wildman–Crippen LogP) is 7.20. The molecule has 1 aliphatic rings. The van der Waals surface area contributed by atoms with Crippen molar-refractivity contribution in [1.29, 1.82) is 0 Å². The quantitative estimate of drug-likeness (QED) is 0.187. The monoisotopic (exact) mass is 665 g/mol. The third-order valence-corrected chi connectivity index (χ3v) is 7.10. The molecule has 0 aliphatic carbocycles. The van der Waals surface area contributed by atoms with E-state index in [4.69, 9.17) is 9.26 Å². The summed E-state index contributed by atoms with van der Waals surface area (Å²) in [6, 6.07) is 12.3. The van der Waals surface area contributed by atoms with E-state index in [9.17, 15) is 31.5 Å². The molecule has 0 atom stereocenters. The normalized spacial score (nSPS) is 14.4. The number of hydrogen-bond donors (Lipinski definition) is 1. The summed E-state index contributed by atoms with van der Waals surface area (Å²) < 4.78 is 91.3. The van der Waals surface area contributed by atoms with Crippen molar-refractivity contribution < 1.29 is 49.9 Å². The van der Waals surface area contributed by atoms with Crippen molar-refractivity contribution >= 4 is 40.2 Å². The number of benzene rings is 3. The Labute approximate surface area is 260 Å². The first kappa shape index (κ1) is 32.5. The van der Waals surface area contributed by atoms with Gasteiger partial charge in [-0.3, -0.25) is 9.69 Å². The first-order valence-electron chi connectivity index (χ1n) is 13.2. The summed E-state index contributed by atoms with van der Waals surface area (Å²) in [7, 11) is 0. The molecule has 46 heavy (non-hydrogen) atoms.